The lowest BCUT2D eigenvalue weighted by atomic mass is 9.97. The van der Waals surface area contributed by atoms with Gasteiger partial charge in [-0.2, -0.15) is 0 Å². The molecule has 0 spiro atoms. The molecule has 0 saturated carbocycles. The molecule has 0 heterocycles. The number of esters is 1. The molecule has 0 radical (unpaired) electrons. The minimum absolute atomic E-state index is 0.0572. The minimum Gasteiger partial charge on any atom is -0.481 e. The summed E-state index contributed by atoms with van der Waals surface area (Å²) in [6.45, 7) is 5.44. The number of aryl methyl sites for hydroxylation is 1. The van der Waals surface area contributed by atoms with Crippen molar-refractivity contribution in [2.45, 2.75) is 40.0 Å². The van der Waals surface area contributed by atoms with Gasteiger partial charge in [0.15, 0.2) is 0 Å². The molecule has 114 valence electrons. The van der Waals surface area contributed by atoms with E-state index in [0.717, 1.165) is 18.4 Å². The Morgan fingerprint density at radius 2 is 1.76 bits per heavy atom. The third kappa shape index (κ3) is 6.75. The summed E-state index contributed by atoms with van der Waals surface area (Å²) in [7, 11) is 0. The molecule has 0 amide bonds. The van der Waals surface area contributed by atoms with Crippen LogP contribution in [-0.4, -0.2) is 17.0 Å². The van der Waals surface area contributed by atoms with Gasteiger partial charge in [0.05, 0.1) is 11.8 Å². The molecule has 21 heavy (non-hydrogen) atoms. The number of carbonyl (C=O) groups excluding carboxylic acids is 1. The highest BCUT2D eigenvalue weighted by molar-refractivity contribution is 5.77. The zero-order valence-electron chi connectivity index (χ0n) is 12.8. The zero-order chi connectivity index (χ0) is 15.9. The average molecular weight is 290 g/mol. The summed E-state index contributed by atoms with van der Waals surface area (Å²) in [5, 5.41) is 8.50. The van der Waals surface area contributed by atoms with Gasteiger partial charge in [-0.3, -0.25) is 9.59 Å². The van der Waals surface area contributed by atoms with E-state index in [1.807, 2.05) is 39.0 Å². The van der Waals surface area contributed by atoms with Crippen LogP contribution in [0.25, 0.3) is 0 Å². The molecule has 4 nitrogen and oxygen atoms in total. The first-order valence-corrected chi connectivity index (χ1v) is 6.97. The van der Waals surface area contributed by atoms with E-state index in [0.29, 0.717) is 5.75 Å². The van der Waals surface area contributed by atoms with Crippen molar-refractivity contribution in [1.82, 2.24) is 0 Å². The SMILES string of the molecule is CC(C)(C)C(=O)Oc1ccc(CC/C=C/CC(=O)O)cc1. The van der Waals surface area contributed by atoms with E-state index in [1.165, 1.54) is 0 Å². The zero-order valence-corrected chi connectivity index (χ0v) is 12.8. The van der Waals surface area contributed by atoms with Crippen LogP contribution < -0.4 is 4.74 Å². The highest BCUT2D eigenvalue weighted by Gasteiger charge is 2.23. The fourth-order valence-corrected chi connectivity index (χ4v) is 1.54. The highest BCUT2D eigenvalue weighted by Crippen LogP contribution is 2.20. The number of carboxylic acid groups (broad SMARTS) is 1. The van der Waals surface area contributed by atoms with Crippen LogP contribution in [0.5, 0.6) is 5.75 Å². The molecule has 0 saturated heterocycles. The lowest BCUT2D eigenvalue weighted by Gasteiger charge is -2.16. The third-order valence-corrected chi connectivity index (χ3v) is 2.81. The van der Waals surface area contributed by atoms with E-state index >= 15 is 0 Å². The quantitative estimate of drug-likeness (QED) is 0.494. The van der Waals surface area contributed by atoms with E-state index in [-0.39, 0.29) is 12.4 Å². The highest BCUT2D eigenvalue weighted by atomic mass is 16.5. The Labute approximate surface area is 125 Å². The van der Waals surface area contributed by atoms with Gasteiger partial charge in [0.1, 0.15) is 5.75 Å². The number of hydrogen-bond donors (Lipinski definition) is 1. The summed E-state index contributed by atoms with van der Waals surface area (Å²) >= 11 is 0. The first-order valence-electron chi connectivity index (χ1n) is 6.97. The van der Waals surface area contributed by atoms with Gasteiger partial charge in [0.2, 0.25) is 0 Å². The summed E-state index contributed by atoms with van der Waals surface area (Å²) in [5.41, 5.74) is 0.596. The Kier molecular flexibility index (Phi) is 6.15. The van der Waals surface area contributed by atoms with Crippen molar-refractivity contribution in [2.75, 3.05) is 0 Å². The van der Waals surface area contributed by atoms with E-state index in [1.54, 1.807) is 18.2 Å². The second kappa shape index (κ2) is 7.62. The van der Waals surface area contributed by atoms with Gasteiger partial charge in [-0.15, -0.1) is 0 Å². The van der Waals surface area contributed by atoms with Crippen molar-refractivity contribution in [3.63, 3.8) is 0 Å². The number of hydrogen-bond acceptors (Lipinski definition) is 3. The molecular formula is C17H22O4. The van der Waals surface area contributed by atoms with Gasteiger partial charge >= 0.3 is 11.9 Å². The van der Waals surface area contributed by atoms with Crippen molar-refractivity contribution in [3.8, 4) is 5.75 Å². The number of rotatable bonds is 6. The molecule has 1 aromatic carbocycles. The molecule has 1 rings (SSSR count). The van der Waals surface area contributed by atoms with Crippen molar-refractivity contribution in [1.29, 1.82) is 0 Å². The molecule has 0 atom stereocenters. The van der Waals surface area contributed by atoms with E-state index in [2.05, 4.69) is 0 Å². The summed E-state index contributed by atoms with van der Waals surface area (Å²) in [4.78, 5) is 22.1. The Balaban J connectivity index is 2.45. The third-order valence-electron chi connectivity index (χ3n) is 2.81. The fourth-order valence-electron chi connectivity index (χ4n) is 1.54. The normalized spacial score (nSPS) is 11.6. The summed E-state index contributed by atoms with van der Waals surface area (Å²) < 4.78 is 5.29. The average Bonchev–Trinajstić information content (AvgIpc) is 2.38. The number of carbonyl (C=O) groups is 2. The second-order valence-corrected chi connectivity index (χ2v) is 5.89. The van der Waals surface area contributed by atoms with Gasteiger partial charge in [0.25, 0.3) is 0 Å². The number of aliphatic carboxylic acids is 1. The maximum Gasteiger partial charge on any atom is 0.316 e. The smallest absolute Gasteiger partial charge is 0.316 e. The lowest BCUT2D eigenvalue weighted by Crippen LogP contribution is -2.25. The number of ether oxygens (including phenoxy) is 1. The van der Waals surface area contributed by atoms with Crippen LogP contribution in [0.4, 0.5) is 0 Å². The van der Waals surface area contributed by atoms with Gasteiger partial charge in [-0.1, -0.05) is 24.3 Å². The summed E-state index contributed by atoms with van der Waals surface area (Å²) in [6, 6.07) is 7.38. The first-order chi connectivity index (χ1) is 9.79. The molecule has 0 aliphatic heterocycles. The molecule has 4 heteroatoms. The van der Waals surface area contributed by atoms with Gasteiger partial charge in [-0.25, -0.2) is 0 Å². The lowest BCUT2D eigenvalue weighted by molar-refractivity contribution is -0.143. The van der Waals surface area contributed by atoms with E-state index in [4.69, 9.17) is 9.84 Å². The van der Waals surface area contributed by atoms with Crippen molar-refractivity contribution >= 4 is 11.9 Å². The summed E-state index contributed by atoms with van der Waals surface area (Å²) in [6.07, 6.45) is 5.18. The van der Waals surface area contributed by atoms with Gasteiger partial charge in [-0.05, 0) is 51.3 Å². The minimum atomic E-state index is -0.823. The van der Waals surface area contributed by atoms with Crippen molar-refractivity contribution in [3.05, 3.63) is 42.0 Å². The molecule has 0 aliphatic rings. The molecule has 0 aliphatic carbocycles. The predicted octanol–water partition coefficient (Wildman–Crippen LogP) is 3.60. The Morgan fingerprint density at radius 3 is 2.29 bits per heavy atom. The standard InChI is InChI=1S/C17H22O4/c1-17(2,3)16(20)21-14-11-9-13(10-12-14)7-5-4-6-8-15(18)19/h4,6,9-12H,5,7-8H2,1-3H3,(H,18,19)/b6-4+. The second-order valence-electron chi connectivity index (χ2n) is 5.89. The number of allylic oxidation sites excluding steroid dienone is 1. The molecule has 0 bridgehead atoms. The maximum absolute atomic E-state index is 11.7. The predicted molar refractivity (Wildman–Crippen MR) is 81.2 cm³/mol. The van der Waals surface area contributed by atoms with Crippen molar-refractivity contribution in [2.24, 2.45) is 5.41 Å². The molecule has 0 aromatic heterocycles. The molecule has 1 aromatic rings. The van der Waals surface area contributed by atoms with E-state index < -0.39 is 11.4 Å². The maximum atomic E-state index is 11.7. The summed E-state index contributed by atoms with van der Waals surface area (Å²) in [5.74, 6) is -0.539. The monoisotopic (exact) mass is 290 g/mol. The van der Waals surface area contributed by atoms with E-state index in [9.17, 15) is 9.59 Å². The molecule has 0 unspecified atom stereocenters. The van der Waals surface area contributed by atoms with Crippen LogP contribution in [0.3, 0.4) is 0 Å². The Morgan fingerprint density at radius 1 is 1.14 bits per heavy atom. The van der Waals surface area contributed by atoms with Crippen molar-refractivity contribution < 1.29 is 19.4 Å². The molecule has 0 fully saturated rings. The number of carboxylic acids is 1. The van der Waals surface area contributed by atoms with Crippen LogP contribution in [0.1, 0.15) is 39.2 Å². The number of benzene rings is 1. The largest absolute Gasteiger partial charge is 0.481 e. The van der Waals surface area contributed by atoms with Crippen LogP contribution in [0.2, 0.25) is 0 Å². The van der Waals surface area contributed by atoms with Gasteiger partial charge < -0.3 is 9.84 Å². The van der Waals surface area contributed by atoms with Crippen LogP contribution in [-0.2, 0) is 16.0 Å². The molecular weight excluding hydrogens is 268 g/mol. The topological polar surface area (TPSA) is 63.6 Å². The fraction of sp³-hybridized carbons (Fsp3) is 0.412. The molecule has 1 N–H and O–H groups in total. The van der Waals surface area contributed by atoms with Crippen LogP contribution >= 0.6 is 0 Å². The van der Waals surface area contributed by atoms with Crippen LogP contribution in [0, 0.1) is 5.41 Å². The Bertz CT molecular complexity index is 507. The first kappa shape index (κ1) is 17.0. The van der Waals surface area contributed by atoms with Crippen LogP contribution in [0.15, 0.2) is 36.4 Å². The van der Waals surface area contributed by atoms with Gasteiger partial charge in [0, 0.05) is 0 Å². The Hall–Kier alpha value is -2.10.